The summed E-state index contributed by atoms with van der Waals surface area (Å²) in [6, 6.07) is 0. The van der Waals surface area contributed by atoms with Gasteiger partial charge in [0.1, 0.15) is 0 Å². The van der Waals surface area contributed by atoms with Gasteiger partial charge in [-0.05, 0) is 44.7 Å². The number of rotatable bonds is 4. The van der Waals surface area contributed by atoms with Crippen molar-refractivity contribution in [1.29, 1.82) is 0 Å². The molecule has 1 atom stereocenters. The highest BCUT2D eigenvalue weighted by atomic mass is 16.3. The van der Waals surface area contributed by atoms with Crippen molar-refractivity contribution >= 4 is 0 Å². The standard InChI is InChI=1S/C10H20N2O/c11-7-9-1-5-12(8-9)6-4-10(13)2-3-10/h9,13H,1-8,11H2. The average molecular weight is 184 g/mol. The molecule has 0 amide bonds. The van der Waals surface area contributed by atoms with E-state index in [4.69, 9.17) is 5.73 Å². The van der Waals surface area contributed by atoms with Gasteiger partial charge in [-0.1, -0.05) is 0 Å². The Labute approximate surface area is 79.9 Å². The maximum Gasteiger partial charge on any atom is 0.0662 e. The first-order valence-electron chi connectivity index (χ1n) is 5.37. The van der Waals surface area contributed by atoms with E-state index in [-0.39, 0.29) is 5.60 Å². The summed E-state index contributed by atoms with van der Waals surface area (Å²) >= 11 is 0. The molecule has 1 saturated carbocycles. The fourth-order valence-corrected chi connectivity index (χ4v) is 2.07. The van der Waals surface area contributed by atoms with Crippen LogP contribution in [0.2, 0.25) is 0 Å². The van der Waals surface area contributed by atoms with Gasteiger partial charge in [-0.15, -0.1) is 0 Å². The van der Waals surface area contributed by atoms with Crippen molar-refractivity contribution in [2.75, 3.05) is 26.2 Å². The Bertz CT molecular complexity index is 180. The van der Waals surface area contributed by atoms with E-state index < -0.39 is 0 Å². The van der Waals surface area contributed by atoms with Gasteiger partial charge in [-0.2, -0.15) is 0 Å². The second-order valence-corrected chi connectivity index (χ2v) is 4.67. The van der Waals surface area contributed by atoms with Gasteiger partial charge in [0.15, 0.2) is 0 Å². The molecule has 0 aromatic rings. The van der Waals surface area contributed by atoms with Gasteiger partial charge < -0.3 is 15.7 Å². The van der Waals surface area contributed by atoms with E-state index in [2.05, 4.69) is 4.90 Å². The fraction of sp³-hybridized carbons (Fsp3) is 1.00. The molecular weight excluding hydrogens is 164 g/mol. The zero-order valence-corrected chi connectivity index (χ0v) is 8.21. The molecule has 76 valence electrons. The first-order chi connectivity index (χ1) is 6.22. The Kier molecular flexibility index (Phi) is 2.58. The maximum atomic E-state index is 9.66. The van der Waals surface area contributed by atoms with Crippen molar-refractivity contribution < 1.29 is 5.11 Å². The molecule has 3 heteroatoms. The van der Waals surface area contributed by atoms with Crippen molar-refractivity contribution in [2.24, 2.45) is 11.7 Å². The predicted octanol–water partition coefficient (Wildman–Crippen LogP) is 0.182. The van der Waals surface area contributed by atoms with Crippen molar-refractivity contribution in [3.63, 3.8) is 0 Å². The molecule has 1 unspecified atom stereocenters. The second kappa shape index (κ2) is 3.56. The molecule has 1 aliphatic carbocycles. The number of likely N-dealkylation sites (tertiary alicyclic amines) is 1. The highest BCUT2D eigenvalue weighted by molar-refractivity contribution is 4.94. The third-order valence-electron chi connectivity index (χ3n) is 3.42. The molecule has 2 aliphatic rings. The minimum absolute atomic E-state index is 0.277. The van der Waals surface area contributed by atoms with Gasteiger partial charge >= 0.3 is 0 Å². The Balaban J connectivity index is 1.66. The monoisotopic (exact) mass is 184 g/mol. The Morgan fingerprint density at radius 3 is 2.77 bits per heavy atom. The summed E-state index contributed by atoms with van der Waals surface area (Å²) in [5, 5.41) is 9.66. The van der Waals surface area contributed by atoms with E-state index in [9.17, 15) is 5.11 Å². The molecular formula is C10H20N2O. The second-order valence-electron chi connectivity index (χ2n) is 4.67. The number of nitrogens with two attached hydrogens (primary N) is 1. The quantitative estimate of drug-likeness (QED) is 0.655. The molecule has 2 fully saturated rings. The molecule has 0 aromatic heterocycles. The molecule has 1 heterocycles. The maximum absolute atomic E-state index is 9.66. The van der Waals surface area contributed by atoms with E-state index >= 15 is 0 Å². The Hall–Kier alpha value is -0.120. The first-order valence-corrected chi connectivity index (χ1v) is 5.37. The lowest BCUT2D eigenvalue weighted by Crippen LogP contribution is -2.27. The normalized spacial score (nSPS) is 32.3. The SMILES string of the molecule is NCC1CCN(CCC2(O)CC2)C1. The molecule has 0 spiro atoms. The molecule has 13 heavy (non-hydrogen) atoms. The van der Waals surface area contributed by atoms with Crippen molar-refractivity contribution in [3.05, 3.63) is 0 Å². The van der Waals surface area contributed by atoms with Crippen molar-refractivity contribution in [2.45, 2.75) is 31.3 Å². The van der Waals surface area contributed by atoms with Gasteiger partial charge in [0.25, 0.3) is 0 Å². The average Bonchev–Trinajstić information content (AvgIpc) is 2.69. The molecule has 0 aromatic carbocycles. The van der Waals surface area contributed by atoms with Gasteiger partial charge in [0.05, 0.1) is 5.60 Å². The van der Waals surface area contributed by atoms with E-state index in [0.29, 0.717) is 5.92 Å². The van der Waals surface area contributed by atoms with Crippen LogP contribution in [0.3, 0.4) is 0 Å². The smallest absolute Gasteiger partial charge is 0.0662 e. The lowest BCUT2D eigenvalue weighted by molar-refractivity contribution is 0.123. The van der Waals surface area contributed by atoms with Crippen LogP contribution >= 0.6 is 0 Å². The number of aliphatic hydroxyl groups is 1. The summed E-state index contributed by atoms with van der Waals surface area (Å²) in [7, 11) is 0. The Morgan fingerprint density at radius 2 is 2.23 bits per heavy atom. The zero-order valence-electron chi connectivity index (χ0n) is 8.21. The highest BCUT2D eigenvalue weighted by Gasteiger charge is 2.40. The summed E-state index contributed by atoms with van der Waals surface area (Å²) in [6.07, 6.45) is 4.24. The number of hydrogen-bond acceptors (Lipinski definition) is 3. The third kappa shape index (κ3) is 2.42. The molecule has 2 rings (SSSR count). The van der Waals surface area contributed by atoms with E-state index in [1.807, 2.05) is 0 Å². The minimum Gasteiger partial charge on any atom is -0.390 e. The van der Waals surface area contributed by atoms with E-state index in [1.165, 1.54) is 13.0 Å². The number of nitrogens with zero attached hydrogens (tertiary/aromatic N) is 1. The van der Waals surface area contributed by atoms with Crippen LogP contribution < -0.4 is 5.73 Å². The summed E-state index contributed by atoms with van der Waals surface area (Å²) in [4.78, 5) is 2.44. The zero-order chi connectivity index (χ0) is 9.31. The van der Waals surface area contributed by atoms with E-state index in [0.717, 1.165) is 38.9 Å². The highest BCUT2D eigenvalue weighted by Crippen LogP contribution is 2.38. The molecule has 3 N–H and O–H groups in total. The van der Waals surface area contributed by atoms with Gasteiger partial charge in [0, 0.05) is 13.1 Å². The van der Waals surface area contributed by atoms with Crippen LogP contribution in [0.1, 0.15) is 25.7 Å². The van der Waals surface area contributed by atoms with Crippen LogP contribution in [-0.4, -0.2) is 41.8 Å². The predicted molar refractivity (Wildman–Crippen MR) is 52.4 cm³/mol. The first kappa shape index (κ1) is 9.44. The summed E-state index contributed by atoms with van der Waals surface area (Å²) in [6.45, 7) is 4.21. The lowest BCUT2D eigenvalue weighted by atomic mass is 10.1. The van der Waals surface area contributed by atoms with Crippen molar-refractivity contribution in [1.82, 2.24) is 4.90 Å². The van der Waals surface area contributed by atoms with E-state index in [1.54, 1.807) is 0 Å². The van der Waals surface area contributed by atoms with Crippen LogP contribution in [0.25, 0.3) is 0 Å². The number of hydrogen-bond donors (Lipinski definition) is 2. The fourth-order valence-electron chi connectivity index (χ4n) is 2.07. The largest absolute Gasteiger partial charge is 0.390 e. The molecule has 1 aliphatic heterocycles. The topological polar surface area (TPSA) is 49.5 Å². The van der Waals surface area contributed by atoms with Crippen LogP contribution in [0.15, 0.2) is 0 Å². The molecule has 0 bridgehead atoms. The molecule has 0 radical (unpaired) electrons. The van der Waals surface area contributed by atoms with Crippen LogP contribution in [0.4, 0.5) is 0 Å². The van der Waals surface area contributed by atoms with Crippen LogP contribution in [0.5, 0.6) is 0 Å². The van der Waals surface area contributed by atoms with Crippen molar-refractivity contribution in [3.8, 4) is 0 Å². The lowest BCUT2D eigenvalue weighted by Gasteiger charge is -2.17. The molecule has 3 nitrogen and oxygen atoms in total. The summed E-state index contributed by atoms with van der Waals surface area (Å²) < 4.78 is 0. The van der Waals surface area contributed by atoms with Crippen LogP contribution in [-0.2, 0) is 0 Å². The molecule has 1 saturated heterocycles. The van der Waals surface area contributed by atoms with Gasteiger partial charge in [0.2, 0.25) is 0 Å². The Morgan fingerprint density at radius 1 is 1.46 bits per heavy atom. The minimum atomic E-state index is -0.277. The van der Waals surface area contributed by atoms with Gasteiger partial charge in [-0.25, -0.2) is 0 Å². The van der Waals surface area contributed by atoms with Crippen LogP contribution in [0, 0.1) is 5.92 Å². The summed E-state index contributed by atoms with van der Waals surface area (Å²) in [5.74, 6) is 0.703. The van der Waals surface area contributed by atoms with Gasteiger partial charge in [-0.3, -0.25) is 0 Å². The summed E-state index contributed by atoms with van der Waals surface area (Å²) in [5.41, 5.74) is 5.34. The third-order valence-corrected chi connectivity index (χ3v) is 3.42.